The molecule has 0 aromatic heterocycles. The van der Waals surface area contributed by atoms with Crippen molar-refractivity contribution in [1.29, 1.82) is 0 Å². The lowest BCUT2D eigenvalue weighted by atomic mass is 10.3. The van der Waals surface area contributed by atoms with E-state index in [4.69, 9.17) is 4.99 Å². The third kappa shape index (κ3) is 3.85. The molecule has 2 aromatic rings. The molecular weight excluding hydrogens is 326 g/mol. The van der Waals surface area contributed by atoms with Crippen molar-refractivity contribution in [2.45, 2.75) is 12.8 Å². The number of anilines is 1. The monoisotopic (exact) mass is 343 g/mol. The summed E-state index contributed by atoms with van der Waals surface area (Å²) in [6.45, 7) is 2.13. The van der Waals surface area contributed by atoms with Crippen LogP contribution in [0, 0.1) is 0 Å². The van der Waals surface area contributed by atoms with Gasteiger partial charge in [-0.05, 0) is 49.2 Å². The molecule has 1 fully saturated rings. The van der Waals surface area contributed by atoms with Crippen molar-refractivity contribution in [3.05, 3.63) is 59.1 Å². The quantitative estimate of drug-likeness (QED) is 0.635. The minimum Gasteiger partial charge on any atom is -0.342 e. The molecule has 21 heavy (non-hydrogen) atoms. The van der Waals surface area contributed by atoms with Crippen molar-refractivity contribution in [1.82, 2.24) is 4.90 Å². The zero-order valence-electron chi connectivity index (χ0n) is 11.8. The molecule has 1 saturated heterocycles. The Morgan fingerprint density at radius 2 is 1.62 bits per heavy atom. The minimum atomic E-state index is 0.932. The lowest BCUT2D eigenvalue weighted by Gasteiger charge is -2.21. The average Bonchev–Trinajstić information content (AvgIpc) is 3.04. The first-order valence-corrected chi connectivity index (χ1v) is 8.02. The molecule has 0 unspecified atom stereocenters. The van der Waals surface area contributed by atoms with Crippen LogP contribution in [0.1, 0.15) is 12.8 Å². The number of nitrogens with zero attached hydrogens (tertiary/aromatic N) is 2. The van der Waals surface area contributed by atoms with Crippen molar-refractivity contribution < 1.29 is 0 Å². The van der Waals surface area contributed by atoms with Crippen LogP contribution in [0.25, 0.3) is 0 Å². The van der Waals surface area contributed by atoms with Gasteiger partial charge in [0.1, 0.15) is 0 Å². The van der Waals surface area contributed by atoms with E-state index in [1.807, 2.05) is 42.5 Å². The highest BCUT2D eigenvalue weighted by atomic mass is 79.9. The van der Waals surface area contributed by atoms with E-state index in [-0.39, 0.29) is 0 Å². The predicted molar refractivity (Wildman–Crippen MR) is 92.1 cm³/mol. The highest BCUT2D eigenvalue weighted by Crippen LogP contribution is 2.19. The smallest absolute Gasteiger partial charge is 0.203 e. The van der Waals surface area contributed by atoms with Gasteiger partial charge < -0.3 is 10.2 Å². The van der Waals surface area contributed by atoms with Gasteiger partial charge in [-0.1, -0.05) is 34.1 Å². The first-order chi connectivity index (χ1) is 10.3. The normalized spacial score (nSPS) is 15.3. The molecule has 1 aliphatic rings. The Morgan fingerprint density at radius 1 is 0.952 bits per heavy atom. The zero-order valence-corrected chi connectivity index (χ0v) is 13.4. The number of aliphatic imine (C=N–C) groups is 1. The fourth-order valence-electron chi connectivity index (χ4n) is 2.40. The van der Waals surface area contributed by atoms with Crippen LogP contribution in [-0.4, -0.2) is 23.9 Å². The Kier molecular flexibility index (Phi) is 4.55. The van der Waals surface area contributed by atoms with Crippen molar-refractivity contribution in [2.75, 3.05) is 18.4 Å². The van der Waals surface area contributed by atoms with Gasteiger partial charge in [0, 0.05) is 23.2 Å². The molecule has 1 aliphatic heterocycles. The number of likely N-dealkylation sites (tertiary alicyclic amines) is 1. The van der Waals surface area contributed by atoms with Crippen LogP contribution in [0.15, 0.2) is 64.1 Å². The summed E-state index contributed by atoms with van der Waals surface area (Å²) in [5.74, 6) is 0.932. The van der Waals surface area contributed by atoms with Gasteiger partial charge in [0.2, 0.25) is 5.96 Å². The number of benzene rings is 2. The Morgan fingerprint density at radius 3 is 2.29 bits per heavy atom. The maximum absolute atomic E-state index is 4.79. The second kappa shape index (κ2) is 6.76. The van der Waals surface area contributed by atoms with E-state index in [0.717, 1.165) is 34.9 Å². The largest absolute Gasteiger partial charge is 0.342 e. The molecule has 0 atom stereocenters. The number of hydrogen-bond donors (Lipinski definition) is 1. The summed E-state index contributed by atoms with van der Waals surface area (Å²) in [5.41, 5.74) is 2.03. The van der Waals surface area contributed by atoms with Crippen LogP contribution >= 0.6 is 15.9 Å². The van der Waals surface area contributed by atoms with Crippen LogP contribution in [0.2, 0.25) is 0 Å². The fourth-order valence-corrected chi connectivity index (χ4v) is 2.66. The molecule has 1 N–H and O–H groups in total. The van der Waals surface area contributed by atoms with Gasteiger partial charge in [-0.25, -0.2) is 4.99 Å². The van der Waals surface area contributed by atoms with E-state index in [9.17, 15) is 0 Å². The van der Waals surface area contributed by atoms with Crippen molar-refractivity contribution in [3.63, 3.8) is 0 Å². The third-order valence-corrected chi connectivity index (χ3v) is 4.03. The first-order valence-electron chi connectivity index (χ1n) is 7.22. The summed E-state index contributed by atoms with van der Waals surface area (Å²) in [6, 6.07) is 18.3. The summed E-state index contributed by atoms with van der Waals surface area (Å²) < 4.78 is 1.07. The molecule has 3 nitrogen and oxygen atoms in total. The van der Waals surface area contributed by atoms with Gasteiger partial charge in [0.15, 0.2) is 0 Å². The first kappa shape index (κ1) is 14.1. The van der Waals surface area contributed by atoms with Crippen LogP contribution < -0.4 is 5.32 Å². The Balaban J connectivity index is 1.86. The van der Waals surface area contributed by atoms with Crippen LogP contribution in [-0.2, 0) is 0 Å². The highest BCUT2D eigenvalue weighted by Gasteiger charge is 2.16. The number of guanidine groups is 1. The SMILES string of the molecule is Brc1ccc(N=C(Nc2ccccc2)N2CCCC2)cc1. The van der Waals surface area contributed by atoms with Crippen LogP contribution in [0.3, 0.4) is 0 Å². The number of nitrogens with one attached hydrogen (secondary N) is 1. The molecular formula is C17H18BrN3. The molecule has 4 heteroatoms. The summed E-state index contributed by atoms with van der Waals surface area (Å²) in [6.07, 6.45) is 2.46. The minimum absolute atomic E-state index is 0.932. The number of halogens is 1. The van der Waals surface area contributed by atoms with Crippen molar-refractivity contribution in [3.8, 4) is 0 Å². The van der Waals surface area contributed by atoms with Crippen LogP contribution in [0.4, 0.5) is 11.4 Å². The lowest BCUT2D eigenvalue weighted by Crippen LogP contribution is -2.33. The molecule has 0 aliphatic carbocycles. The van der Waals surface area contributed by atoms with Gasteiger partial charge >= 0.3 is 0 Å². The fraction of sp³-hybridized carbons (Fsp3) is 0.235. The molecule has 1 heterocycles. The summed E-state index contributed by atoms with van der Waals surface area (Å²) >= 11 is 3.46. The zero-order chi connectivity index (χ0) is 14.5. The van der Waals surface area contributed by atoms with Crippen molar-refractivity contribution >= 4 is 33.3 Å². The summed E-state index contributed by atoms with van der Waals surface area (Å²) in [4.78, 5) is 7.10. The van der Waals surface area contributed by atoms with E-state index in [1.165, 1.54) is 12.8 Å². The van der Waals surface area contributed by atoms with E-state index >= 15 is 0 Å². The second-order valence-electron chi connectivity index (χ2n) is 5.10. The maximum atomic E-state index is 4.79. The van der Waals surface area contributed by atoms with E-state index in [1.54, 1.807) is 0 Å². The molecule has 0 bridgehead atoms. The second-order valence-corrected chi connectivity index (χ2v) is 6.01. The Labute approximate surface area is 133 Å². The summed E-state index contributed by atoms with van der Waals surface area (Å²) in [5, 5.41) is 3.45. The number of hydrogen-bond acceptors (Lipinski definition) is 1. The topological polar surface area (TPSA) is 27.6 Å². The van der Waals surface area contributed by atoms with Crippen LogP contribution in [0.5, 0.6) is 0 Å². The van der Waals surface area contributed by atoms with Gasteiger partial charge in [-0.2, -0.15) is 0 Å². The number of rotatable bonds is 2. The number of para-hydroxylation sites is 1. The van der Waals surface area contributed by atoms with E-state index < -0.39 is 0 Å². The summed E-state index contributed by atoms with van der Waals surface area (Å²) in [7, 11) is 0. The molecule has 0 saturated carbocycles. The molecule has 108 valence electrons. The standard InChI is InChI=1S/C17H18BrN3/c18-14-8-10-16(11-9-14)20-17(21-12-4-5-13-21)19-15-6-2-1-3-7-15/h1-3,6-11H,4-5,12-13H2,(H,19,20). The van der Waals surface area contributed by atoms with Crippen molar-refractivity contribution in [2.24, 2.45) is 4.99 Å². The molecule has 0 radical (unpaired) electrons. The van der Waals surface area contributed by atoms with Gasteiger partial charge in [-0.3, -0.25) is 0 Å². The Bertz CT molecular complexity index is 602. The van der Waals surface area contributed by atoms with Gasteiger partial charge in [0.05, 0.1) is 5.69 Å². The van der Waals surface area contributed by atoms with E-state index in [0.29, 0.717) is 0 Å². The van der Waals surface area contributed by atoms with Gasteiger partial charge in [-0.15, -0.1) is 0 Å². The highest BCUT2D eigenvalue weighted by molar-refractivity contribution is 9.10. The Hall–Kier alpha value is -1.81. The molecule has 0 spiro atoms. The van der Waals surface area contributed by atoms with Gasteiger partial charge in [0.25, 0.3) is 0 Å². The lowest BCUT2D eigenvalue weighted by molar-refractivity contribution is 0.518. The molecule has 0 amide bonds. The molecule has 3 rings (SSSR count). The maximum Gasteiger partial charge on any atom is 0.203 e. The average molecular weight is 344 g/mol. The molecule has 2 aromatic carbocycles. The van der Waals surface area contributed by atoms with E-state index in [2.05, 4.69) is 38.3 Å². The predicted octanol–water partition coefficient (Wildman–Crippen LogP) is 4.64. The third-order valence-electron chi connectivity index (χ3n) is 3.50.